The summed E-state index contributed by atoms with van der Waals surface area (Å²) >= 11 is 0. The fourth-order valence-corrected chi connectivity index (χ4v) is 5.31. The number of nitrogens with zero attached hydrogens (tertiary/aromatic N) is 5. The Kier molecular flexibility index (Phi) is 7.74. The highest BCUT2D eigenvalue weighted by Gasteiger charge is 2.32. The van der Waals surface area contributed by atoms with Crippen LogP contribution in [0.5, 0.6) is 0 Å². The van der Waals surface area contributed by atoms with Crippen LogP contribution in [0.3, 0.4) is 0 Å². The van der Waals surface area contributed by atoms with Crippen molar-refractivity contribution in [3.63, 3.8) is 0 Å². The molecule has 212 valence electrons. The summed E-state index contributed by atoms with van der Waals surface area (Å²) in [6, 6.07) is 26.4. The van der Waals surface area contributed by atoms with E-state index in [4.69, 9.17) is 0 Å². The quantitative estimate of drug-likeness (QED) is 0.180. The summed E-state index contributed by atoms with van der Waals surface area (Å²) in [6.45, 7) is 0. The van der Waals surface area contributed by atoms with Gasteiger partial charge < -0.3 is 16.1 Å². The molecule has 1 aromatic heterocycles. The lowest BCUT2D eigenvalue weighted by Crippen LogP contribution is -2.38. The molecule has 4 N–H and O–H groups in total. The molecule has 4 aromatic rings. The first-order chi connectivity index (χ1) is 21.1. The van der Waals surface area contributed by atoms with Crippen LogP contribution in [-0.4, -0.2) is 16.0 Å². The van der Waals surface area contributed by atoms with E-state index in [-0.39, 0.29) is 17.1 Å². The number of nitriles is 3. The zero-order valence-corrected chi connectivity index (χ0v) is 23.2. The van der Waals surface area contributed by atoms with Crippen molar-refractivity contribution in [3.05, 3.63) is 113 Å². The predicted molar refractivity (Wildman–Crippen MR) is 161 cm³/mol. The molecule has 2 atom stereocenters. The summed E-state index contributed by atoms with van der Waals surface area (Å²) in [6.07, 6.45) is 6.35. The van der Waals surface area contributed by atoms with Gasteiger partial charge in [0.15, 0.2) is 5.82 Å². The normalized spacial score (nSPS) is 15.4. The second kappa shape index (κ2) is 12.1. The van der Waals surface area contributed by atoms with E-state index in [1.54, 1.807) is 18.2 Å². The van der Waals surface area contributed by atoms with E-state index in [1.165, 1.54) is 12.3 Å². The molecule has 1 saturated carbocycles. The Hall–Kier alpha value is -5.63. The molecule has 1 aliphatic carbocycles. The number of hydrogen-bond donors (Lipinski definition) is 4. The molecule has 0 spiro atoms. The van der Waals surface area contributed by atoms with Crippen molar-refractivity contribution in [2.75, 3.05) is 10.6 Å². The third kappa shape index (κ3) is 5.90. The van der Waals surface area contributed by atoms with Crippen LogP contribution in [0.2, 0.25) is 0 Å². The first-order valence-corrected chi connectivity index (χ1v) is 14.1. The van der Waals surface area contributed by atoms with Crippen molar-refractivity contribution in [1.29, 1.82) is 15.8 Å². The number of pyridine rings is 1. The van der Waals surface area contributed by atoms with Crippen LogP contribution in [0.15, 0.2) is 84.8 Å². The Morgan fingerprint density at radius 1 is 0.977 bits per heavy atom. The van der Waals surface area contributed by atoms with Gasteiger partial charge in [0, 0.05) is 35.9 Å². The van der Waals surface area contributed by atoms with E-state index in [0.29, 0.717) is 41.2 Å². The topological polar surface area (TPSA) is 136 Å². The molecule has 1 unspecified atom stereocenters. The summed E-state index contributed by atoms with van der Waals surface area (Å²) in [5.41, 5.74) is 10.8. The molecule has 6 rings (SSSR count). The summed E-state index contributed by atoms with van der Waals surface area (Å²) < 4.78 is 15.7. The molecule has 0 radical (unpaired) electrons. The SMILES string of the molecule is N#CCC[C@@H](Nc1c(C#N)cnc2c(F)cc(NC(C3=CN(C4CC4)NN3)c3cccc(C#N)c3)cc12)c1ccccc1. The highest BCUT2D eigenvalue weighted by Crippen LogP contribution is 2.36. The Balaban J connectivity index is 1.42. The van der Waals surface area contributed by atoms with E-state index in [1.807, 2.05) is 53.7 Å². The van der Waals surface area contributed by atoms with Crippen molar-refractivity contribution >= 4 is 22.3 Å². The van der Waals surface area contributed by atoms with Crippen LogP contribution < -0.4 is 21.6 Å². The van der Waals surface area contributed by atoms with E-state index in [2.05, 4.69) is 44.8 Å². The number of benzene rings is 3. The van der Waals surface area contributed by atoms with E-state index < -0.39 is 11.9 Å². The number of halogens is 1. The number of anilines is 2. The zero-order chi connectivity index (χ0) is 29.8. The molecule has 1 fully saturated rings. The predicted octanol–water partition coefficient (Wildman–Crippen LogP) is 6.06. The minimum atomic E-state index is -0.545. The summed E-state index contributed by atoms with van der Waals surface area (Å²) in [4.78, 5) is 4.28. The number of hydrogen-bond acceptors (Lipinski definition) is 9. The number of rotatable bonds is 10. The molecule has 0 saturated heterocycles. The Bertz CT molecular complexity index is 1810. The van der Waals surface area contributed by atoms with E-state index in [0.717, 1.165) is 29.7 Å². The fraction of sp³-hybridized carbons (Fsp3) is 0.212. The molecule has 0 amide bonds. The molecule has 3 aromatic carbocycles. The lowest BCUT2D eigenvalue weighted by molar-refractivity contribution is 0.260. The van der Waals surface area contributed by atoms with Gasteiger partial charge in [-0.3, -0.25) is 9.99 Å². The minimum Gasteiger partial charge on any atom is -0.377 e. The van der Waals surface area contributed by atoms with Crippen molar-refractivity contribution in [2.45, 2.75) is 43.8 Å². The van der Waals surface area contributed by atoms with Gasteiger partial charge in [-0.25, -0.2) is 4.39 Å². The fourth-order valence-electron chi connectivity index (χ4n) is 5.31. The summed E-state index contributed by atoms with van der Waals surface area (Å²) in [7, 11) is 0. The monoisotopic (exact) mass is 569 g/mol. The van der Waals surface area contributed by atoms with E-state index in [9.17, 15) is 15.8 Å². The first kappa shape index (κ1) is 27.5. The molecule has 43 heavy (non-hydrogen) atoms. The first-order valence-electron chi connectivity index (χ1n) is 14.1. The second-order valence-corrected chi connectivity index (χ2v) is 10.6. The number of nitrogens with one attached hydrogen (secondary N) is 4. The van der Waals surface area contributed by atoms with Crippen molar-refractivity contribution in [3.8, 4) is 18.2 Å². The van der Waals surface area contributed by atoms with Crippen LogP contribution in [0.25, 0.3) is 10.9 Å². The zero-order valence-electron chi connectivity index (χ0n) is 23.2. The largest absolute Gasteiger partial charge is 0.377 e. The van der Waals surface area contributed by atoms with Crippen LogP contribution >= 0.6 is 0 Å². The van der Waals surface area contributed by atoms with Gasteiger partial charge in [-0.05, 0) is 54.7 Å². The van der Waals surface area contributed by atoms with Crippen molar-refractivity contribution < 1.29 is 4.39 Å². The van der Waals surface area contributed by atoms with E-state index >= 15 is 4.39 Å². The smallest absolute Gasteiger partial charge is 0.151 e. The standard InChI is InChI=1S/C33H28FN9/c34-28-16-25(39-32(23-9-4-6-21(14-23)17-36)30-20-43(42-41-30)26-11-12-26)15-27-31(24(18-37)19-38-33(27)28)40-29(10-5-13-35)22-7-2-1-3-8-22/h1-4,6-9,14-16,19-20,26,29,32,39,41-42H,5,10-12H2,(H,38,40)/t29-,32?/m1/s1. The number of aromatic nitrogens is 1. The minimum absolute atomic E-state index is 0.127. The number of fused-ring (bicyclic) bond motifs is 1. The maximum absolute atomic E-state index is 15.7. The molecule has 1 aliphatic heterocycles. The van der Waals surface area contributed by atoms with Gasteiger partial charge >= 0.3 is 0 Å². The Morgan fingerprint density at radius 3 is 2.53 bits per heavy atom. The third-order valence-electron chi connectivity index (χ3n) is 7.63. The molecule has 0 bridgehead atoms. The number of hydrazine groups is 2. The van der Waals surface area contributed by atoms with Gasteiger partial charge in [0.1, 0.15) is 11.6 Å². The van der Waals surface area contributed by atoms with Gasteiger partial charge in [-0.2, -0.15) is 15.8 Å². The molecule has 10 heteroatoms. The maximum atomic E-state index is 15.7. The Labute approximate surface area is 248 Å². The van der Waals surface area contributed by atoms with Gasteiger partial charge in [0.2, 0.25) is 0 Å². The van der Waals surface area contributed by atoms with Gasteiger partial charge in [0.05, 0.1) is 46.7 Å². The van der Waals surface area contributed by atoms with Crippen LogP contribution in [0.1, 0.15) is 60.0 Å². The molecule has 2 aliphatic rings. The highest BCUT2D eigenvalue weighted by atomic mass is 19.1. The van der Waals surface area contributed by atoms with Crippen molar-refractivity contribution in [2.24, 2.45) is 0 Å². The Morgan fingerprint density at radius 2 is 1.79 bits per heavy atom. The van der Waals surface area contributed by atoms with Gasteiger partial charge in [0.25, 0.3) is 0 Å². The molecular formula is C33H28FN9. The molecule has 2 heterocycles. The van der Waals surface area contributed by atoms with Gasteiger partial charge in [-0.15, -0.1) is 5.53 Å². The van der Waals surface area contributed by atoms with Crippen LogP contribution in [-0.2, 0) is 0 Å². The van der Waals surface area contributed by atoms with Crippen molar-refractivity contribution in [1.82, 2.24) is 21.0 Å². The lowest BCUT2D eigenvalue weighted by Gasteiger charge is -2.24. The molecular weight excluding hydrogens is 541 g/mol. The average Bonchev–Trinajstić information content (AvgIpc) is 3.78. The lowest BCUT2D eigenvalue weighted by atomic mass is 9.99. The molecule has 9 nitrogen and oxygen atoms in total. The average molecular weight is 570 g/mol. The second-order valence-electron chi connectivity index (χ2n) is 10.6. The highest BCUT2D eigenvalue weighted by molar-refractivity contribution is 5.96. The maximum Gasteiger partial charge on any atom is 0.151 e. The van der Waals surface area contributed by atoms with Crippen LogP contribution in [0.4, 0.5) is 15.8 Å². The summed E-state index contributed by atoms with van der Waals surface area (Å²) in [5, 5.41) is 38.2. The van der Waals surface area contributed by atoms with Gasteiger partial charge in [-0.1, -0.05) is 42.5 Å². The van der Waals surface area contributed by atoms with Crippen LogP contribution in [0, 0.1) is 39.8 Å². The summed E-state index contributed by atoms with van der Waals surface area (Å²) in [5.74, 6) is -0.545. The third-order valence-corrected chi connectivity index (χ3v) is 7.63.